The summed E-state index contributed by atoms with van der Waals surface area (Å²) in [6.07, 6.45) is -0.181. The molecule has 0 fully saturated rings. The number of amides is 1. The SMILES string of the molecule is COC(=O)[C@@H](C)N(C)C(=O)C(CC(=O)OC(C)(C)C)c1ccc(O)cc1. The third-order valence-electron chi connectivity index (χ3n) is 3.86. The van der Waals surface area contributed by atoms with E-state index < -0.39 is 35.4 Å². The van der Waals surface area contributed by atoms with E-state index in [1.165, 1.54) is 31.2 Å². The Labute approximate surface area is 153 Å². The van der Waals surface area contributed by atoms with Crippen LogP contribution in [0.1, 0.15) is 45.6 Å². The van der Waals surface area contributed by atoms with Gasteiger partial charge in [-0.05, 0) is 45.4 Å². The highest BCUT2D eigenvalue weighted by Crippen LogP contribution is 2.26. The van der Waals surface area contributed by atoms with Gasteiger partial charge < -0.3 is 19.5 Å². The zero-order valence-corrected chi connectivity index (χ0v) is 16.1. The molecule has 0 aliphatic carbocycles. The Bertz CT molecular complexity index is 647. The number of methoxy groups -OCH3 is 1. The zero-order valence-electron chi connectivity index (χ0n) is 16.1. The molecule has 7 nitrogen and oxygen atoms in total. The lowest BCUT2D eigenvalue weighted by atomic mass is 9.93. The van der Waals surface area contributed by atoms with E-state index in [9.17, 15) is 19.5 Å². The summed E-state index contributed by atoms with van der Waals surface area (Å²) in [4.78, 5) is 38.2. The number of nitrogens with zero attached hydrogens (tertiary/aromatic N) is 1. The molecule has 0 aliphatic heterocycles. The summed E-state index contributed by atoms with van der Waals surface area (Å²) in [6, 6.07) is 5.21. The Balaban J connectivity index is 3.10. The number of ether oxygens (including phenoxy) is 2. The molecule has 7 heteroatoms. The monoisotopic (exact) mass is 365 g/mol. The molecule has 144 valence electrons. The van der Waals surface area contributed by atoms with Gasteiger partial charge in [-0.2, -0.15) is 0 Å². The van der Waals surface area contributed by atoms with Crippen molar-refractivity contribution in [3.63, 3.8) is 0 Å². The van der Waals surface area contributed by atoms with Gasteiger partial charge in [0.25, 0.3) is 0 Å². The van der Waals surface area contributed by atoms with Crippen LogP contribution in [-0.4, -0.2) is 53.7 Å². The molecular weight excluding hydrogens is 338 g/mol. The average Bonchev–Trinajstić information content (AvgIpc) is 2.56. The predicted octanol–water partition coefficient (Wildman–Crippen LogP) is 2.23. The Hall–Kier alpha value is -2.57. The first-order valence-electron chi connectivity index (χ1n) is 8.31. The van der Waals surface area contributed by atoms with Crippen molar-refractivity contribution in [2.75, 3.05) is 14.2 Å². The summed E-state index contributed by atoms with van der Waals surface area (Å²) in [7, 11) is 2.72. The highest BCUT2D eigenvalue weighted by Gasteiger charge is 2.32. The Morgan fingerprint density at radius 2 is 1.69 bits per heavy atom. The fraction of sp³-hybridized carbons (Fsp3) is 0.526. The summed E-state index contributed by atoms with van der Waals surface area (Å²) < 4.78 is 10.00. The number of carbonyl (C=O) groups is 3. The number of aromatic hydroxyl groups is 1. The second kappa shape index (κ2) is 8.69. The minimum atomic E-state index is -0.845. The van der Waals surface area contributed by atoms with Crippen molar-refractivity contribution in [2.24, 2.45) is 0 Å². The smallest absolute Gasteiger partial charge is 0.328 e. The van der Waals surface area contributed by atoms with E-state index in [1.54, 1.807) is 39.8 Å². The molecule has 0 radical (unpaired) electrons. The number of likely N-dealkylation sites (N-methyl/N-ethyl adjacent to an activating group) is 1. The molecule has 0 saturated carbocycles. The molecule has 2 atom stereocenters. The first-order valence-corrected chi connectivity index (χ1v) is 8.31. The zero-order chi connectivity index (χ0) is 20.1. The lowest BCUT2D eigenvalue weighted by Crippen LogP contribution is -2.43. The van der Waals surface area contributed by atoms with Crippen LogP contribution in [0.2, 0.25) is 0 Å². The third kappa shape index (κ3) is 6.06. The minimum Gasteiger partial charge on any atom is -0.508 e. The van der Waals surface area contributed by atoms with Crippen LogP contribution in [0, 0.1) is 0 Å². The molecule has 26 heavy (non-hydrogen) atoms. The number of esters is 2. The maximum atomic E-state index is 12.9. The maximum absolute atomic E-state index is 12.9. The van der Waals surface area contributed by atoms with Gasteiger partial charge in [-0.25, -0.2) is 4.79 Å². The van der Waals surface area contributed by atoms with E-state index >= 15 is 0 Å². The van der Waals surface area contributed by atoms with Crippen molar-refractivity contribution >= 4 is 17.8 Å². The summed E-state index contributed by atoms with van der Waals surface area (Å²) in [5.74, 6) is -2.29. The van der Waals surface area contributed by atoms with Gasteiger partial charge >= 0.3 is 11.9 Å². The van der Waals surface area contributed by atoms with Gasteiger partial charge in [0.05, 0.1) is 19.4 Å². The van der Waals surface area contributed by atoms with Crippen molar-refractivity contribution in [1.29, 1.82) is 0 Å². The minimum absolute atomic E-state index is 0.0495. The number of hydrogen-bond acceptors (Lipinski definition) is 6. The highest BCUT2D eigenvalue weighted by atomic mass is 16.6. The fourth-order valence-electron chi connectivity index (χ4n) is 2.37. The number of hydrogen-bond donors (Lipinski definition) is 1. The molecule has 1 rings (SSSR count). The summed E-state index contributed by atoms with van der Waals surface area (Å²) in [5, 5.41) is 9.47. The molecule has 1 aromatic rings. The topological polar surface area (TPSA) is 93.1 Å². The fourth-order valence-corrected chi connectivity index (χ4v) is 2.37. The van der Waals surface area contributed by atoms with E-state index in [0.29, 0.717) is 5.56 Å². The lowest BCUT2D eigenvalue weighted by Gasteiger charge is -2.28. The average molecular weight is 365 g/mol. The van der Waals surface area contributed by atoms with Crippen molar-refractivity contribution in [3.8, 4) is 5.75 Å². The normalized spacial score (nSPS) is 13.5. The van der Waals surface area contributed by atoms with Crippen LogP contribution >= 0.6 is 0 Å². The lowest BCUT2D eigenvalue weighted by molar-refractivity contribution is -0.157. The molecule has 0 aromatic heterocycles. The van der Waals surface area contributed by atoms with E-state index in [0.717, 1.165) is 0 Å². The van der Waals surface area contributed by atoms with E-state index in [4.69, 9.17) is 4.74 Å². The van der Waals surface area contributed by atoms with Gasteiger partial charge in [-0.3, -0.25) is 9.59 Å². The van der Waals surface area contributed by atoms with Crippen LogP contribution in [0.3, 0.4) is 0 Å². The number of phenols is 1. The van der Waals surface area contributed by atoms with Gasteiger partial charge in [0.15, 0.2) is 0 Å². The van der Waals surface area contributed by atoms with E-state index in [2.05, 4.69) is 4.74 Å². The molecule has 1 unspecified atom stereocenters. The van der Waals surface area contributed by atoms with Crippen LogP contribution in [0.5, 0.6) is 5.75 Å². The van der Waals surface area contributed by atoms with E-state index in [-0.39, 0.29) is 12.2 Å². The number of phenolic OH excluding ortho intramolecular Hbond substituents is 1. The van der Waals surface area contributed by atoms with Crippen molar-refractivity contribution in [3.05, 3.63) is 29.8 Å². The van der Waals surface area contributed by atoms with Crippen LogP contribution in [0.4, 0.5) is 0 Å². The third-order valence-corrected chi connectivity index (χ3v) is 3.86. The Kier molecular flexibility index (Phi) is 7.18. The van der Waals surface area contributed by atoms with Crippen LogP contribution < -0.4 is 0 Å². The predicted molar refractivity (Wildman–Crippen MR) is 95.6 cm³/mol. The number of carbonyl (C=O) groups excluding carboxylic acids is 3. The molecule has 1 aromatic carbocycles. The van der Waals surface area contributed by atoms with Gasteiger partial charge in [0.1, 0.15) is 17.4 Å². The summed E-state index contributed by atoms with van der Waals surface area (Å²) in [6.45, 7) is 6.78. The molecular formula is C19H27NO6. The van der Waals surface area contributed by atoms with Gasteiger partial charge in [-0.15, -0.1) is 0 Å². The van der Waals surface area contributed by atoms with Crippen LogP contribution in [-0.2, 0) is 23.9 Å². The van der Waals surface area contributed by atoms with Crippen LogP contribution in [0.25, 0.3) is 0 Å². The van der Waals surface area contributed by atoms with Gasteiger partial charge in [-0.1, -0.05) is 12.1 Å². The quantitative estimate of drug-likeness (QED) is 0.777. The van der Waals surface area contributed by atoms with Crippen molar-refractivity contribution in [2.45, 2.75) is 51.7 Å². The second-order valence-corrected chi connectivity index (χ2v) is 7.08. The molecule has 0 spiro atoms. The Morgan fingerprint density at radius 1 is 1.15 bits per heavy atom. The standard InChI is InChI=1S/C19H27NO6/c1-12(18(24)25-6)20(5)17(23)15(11-16(22)26-19(2,3)4)13-7-9-14(21)10-8-13/h7-10,12,15,21H,11H2,1-6H3/t12-,15?/m1/s1. The maximum Gasteiger partial charge on any atom is 0.328 e. The summed E-state index contributed by atoms with van der Waals surface area (Å²) >= 11 is 0. The number of benzene rings is 1. The van der Waals surface area contributed by atoms with E-state index in [1.807, 2.05) is 0 Å². The van der Waals surface area contributed by atoms with Crippen LogP contribution in [0.15, 0.2) is 24.3 Å². The number of rotatable bonds is 6. The molecule has 0 saturated heterocycles. The van der Waals surface area contributed by atoms with Gasteiger partial charge in [0.2, 0.25) is 5.91 Å². The first kappa shape index (κ1) is 21.5. The molecule has 1 N–H and O–H groups in total. The van der Waals surface area contributed by atoms with Crippen molar-refractivity contribution in [1.82, 2.24) is 4.90 Å². The molecule has 0 heterocycles. The molecule has 0 aliphatic rings. The summed E-state index contributed by atoms with van der Waals surface area (Å²) in [5.41, 5.74) is -0.132. The Morgan fingerprint density at radius 3 is 2.15 bits per heavy atom. The highest BCUT2D eigenvalue weighted by molar-refractivity contribution is 5.91. The second-order valence-electron chi connectivity index (χ2n) is 7.08. The van der Waals surface area contributed by atoms with Gasteiger partial charge in [0, 0.05) is 7.05 Å². The largest absolute Gasteiger partial charge is 0.508 e. The van der Waals surface area contributed by atoms with Crippen molar-refractivity contribution < 1.29 is 29.0 Å². The first-order chi connectivity index (χ1) is 12.0. The molecule has 1 amide bonds. The molecule has 0 bridgehead atoms.